The van der Waals surface area contributed by atoms with Crippen LogP contribution in [-0.4, -0.2) is 220 Å². The number of nitrogens with zero attached hydrogens (tertiary/aromatic N) is 5. The number of aliphatic hydroxyl groups excluding tert-OH is 1. The molecule has 97 heavy (non-hydrogen) atoms. The molecule has 0 radical (unpaired) electrons. The zero-order chi connectivity index (χ0) is 70.6. The van der Waals surface area contributed by atoms with Crippen molar-refractivity contribution < 1.29 is 63.0 Å². The Morgan fingerprint density at radius 2 is 1.20 bits per heavy atom. The van der Waals surface area contributed by atoms with E-state index in [0.717, 1.165) is 26.5 Å². The van der Waals surface area contributed by atoms with E-state index >= 15 is 0 Å². The van der Waals surface area contributed by atoms with Gasteiger partial charge in [0.15, 0.2) is 17.9 Å². The Bertz CT molecular complexity index is 3270. The van der Waals surface area contributed by atoms with Crippen LogP contribution in [0.4, 0.5) is 0 Å². The normalized spacial score (nSPS) is 21.1. The van der Waals surface area contributed by atoms with E-state index in [9.17, 15) is 63.0 Å². The van der Waals surface area contributed by atoms with Gasteiger partial charge in [-0.25, -0.2) is 4.79 Å². The average Bonchev–Trinajstić information content (AvgIpc) is 1.68. The molecule has 2 aromatic carbocycles. The number of rotatable bonds is 31. The number of hydrogen-bond donors (Lipinski definition) is 17. The molecule has 3 fully saturated rings. The molecule has 10 amide bonds. The molecular formula is C61H88N20O13S3. The molecule has 3 aliphatic rings. The van der Waals surface area contributed by atoms with E-state index in [1.807, 2.05) is 0 Å². The molecule has 0 aliphatic carbocycles. The number of amides is 10. The van der Waals surface area contributed by atoms with Crippen LogP contribution in [0.1, 0.15) is 73.8 Å². The van der Waals surface area contributed by atoms with Gasteiger partial charge in [-0.3, -0.25) is 62.9 Å². The molecule has 1 aromatic heterocycles. The first-order valence-electron chi connectivity index (χ1n) is 31.5. The highest BCUT2D eigenvalue weighted by molar-refractivity contribution is 8.76. The number of carbonyl (C=O) groups is 11. The Morgan fingerprint density at radius 1 is 0.629 bits per heavy atom. The van der Waals surface area contributed by atoms with E-state index in [2.05, 4.69) is 57.5 Å². The lowest BCUT2D eigenvalue weighted by atomic mass is 10.0. The zero-order valence-electron chi connectivity index (χ0n) is 53.4. The molecule has 0 spiro atoms. The SMILES string of the molecule is NC(N)=NCCC[C@@H](N)C(=O)N[C@@H](CCCN=C(N)N)C(=O)N1CCC[C@H]1C(=O)N1C[C@H](O)C[C@H]1C(=O)NCC(=O)N[C@@H](Cc1cccs1)C(=O)NC1CSSC[C@@H](C(=O)N[C@@H](CCCN=C(N)N)C(=O)O)NC(=O)[C@H](Cc2ccccc2)NC(=O)C(Cc2ccccc2)NC1=O. The van der Waals surface area contributed by atoms with Gasteiger partial charge in [0.2, 0.25) is 59.1 Å². The van der Waals surface area contributed by atoms with Crippen molar-refractivity contribution in [3.63, 3.8) is 0 Å². The predicted molar refractivity (Wildman–Crippen MR) is 366 cm³/mol. The highest BCUT2D eigenvalue weighted by Gasteiger charge is 2.46. The highest BCUT2D eigenvalue weighted by atomic mass is 33.1. The number of thiophene rings is 1. The van der Waals surface area contributed by atoms with Crippen molar-refractivity contribution in [3.8, 4) is 0 Å². The van der Waals surface area contributed by atoms with Crippen LogP contribution in [0.15, 0.2) is 93.2 Å². The summed E-state index contributed by atoms with van der Waals surface area (Å²) in [5.74, 6) is -10.1. The van der Waals surface area contributed by atoms with Crippen LogP contribution >= 0.6 is 32.9 Å². The van der Waals surface area contributed by atoms with Gasteiger partial charge in [-0.15, -0.1) is 11.3 Å². The molecule has 36 heteroatoms. The number of nitrogens with one attached hydrogen (secondary N) is 8. The lowest BCUT2D eigenvalue weighted by molar-refractivity contribution is -0.148. The number of likely N-dealkylation sites (tertiary alicyclic amines) is 2. The number of hydrogen-bond acceptors (Lipinski definition) is 19. The molecular weight excluding hydrogens is 1320 g/mol. The van der Waals surface area contributed by atoms with Gasteiger partial charge < -0.3 is 103 Å². The standard InChI is InChI=1S/C61H88N20O13S3/c62-38(17-7-21-69-59(63)64)49(84)74-39(18-8-22-70-60(65)66)56(91)80-24-10-20-46(80)57(92)81-31-36(82)28-47(81)55(90)72-30-48(83)73-43(29-37-16-11-25-95-37)52(87)79-45-33-97-96-32-44(53(88)75-40(58(93)94)19-9-23-71-61(67)68)78-51(86)42(27-35-14-5-2-6-15-35)76-50(85)41(77-54(45)89)26-34-12-3-1-4-13-34/h1-6,11-16,25,36,38-47,82H,7-10,17-24,26-33,62H2,(H,72,90)(H,73,83)(H,74,84)(H,75,88)(H,76,85)(H,77,89)(H,78,86)(H,79,87)(H,93,94)(H4,63,64,69)(H4,65,66,70)(H4,67,68,71)/t36-,38-,39+,40+,41?,42+,43+,44+,45?,46+,47+/m1/s1. The number of carboxylic acid groups (broad SMARTS) is 1. The average molecular weight is 1410 g/mol. The first-order valence-corrected chi connectivity index (χ1v) is 34.9. The van der Waals surface area contributed by atoms with Crippen LogP contribution in [-0.2, 0) is 72.0 Å². The summed E-state index contributed by atoms with van der Waals surface area (Å²) in [6, 6.07) is 7.72. The third kappa shape index (κ3) is 25.4. The monoisotopic (exact) mass is 1400 g/mol. The van der Waals surface area contributed by atoms with Crippen molar-refractivity contribution in [3.05, 3.63) is 94.2 Å². The fourth-order valence-corrected chi connectivity index (χ4v) is 14.0. The van der Waals surface area contributed by atoms with Gasteiger partial charge in [-0.2, -0.15) is 0 Å². The highest BCUT2D eigenvalue weighted by Crippen LogP contribution is 2.28. The van der Waals surface area contributed by atoms with Crippen LogP contribution in [0.3, 0.4) is 0 Å². The number of carbonyl (C=O) groups excluding carboxylic acids is 10. The molecule has 6 rings (SSSR count). The third-order valence-electron chi connectivity index (χ3n) is 15.8. The number of aliphatic imine (C=N–C) groups is 3. The Labute approximate surface area is 572 Å². The van der Waals surface area contributed by atoms with Crippen LogP contribution in [0.2, 0.25) is 0 Å². The Morgan fingerprint density at radius 3 is 1.77 bits per heavy atom. The van der Waals surface area contributed by atoms with Crippen LogP contribution in [0, 0.1) is 0 Å². The molecule has 24 N–H and O–H groups in total. The second kappa shape index (κ2) is 39.1. The molecule has 0 bridgehead atoms. The third-order valence-corrected chi connectivity index (χ3v) is 19.1. The van der Waals surface area contributed by atoms with Gasteiger partial charge in [0.25, 0.3) is 0 Å². The van der Waals surface area contributed by atoms with Crippen molar-refractivity contribution in [1.82, 2.24) is 52.3 Å². The molecule has 3 aliphatic heterocycles. The molecule has 2 unspecified atom stereocenters. The van der Waals surface area contributed by atoms with E-state index in [1.165, 1.54) is 16.2 Å². The Kier molecular flexibility index (Phi) is 30.9. The minimum Gasteiger partial charge on any atom is -0.480 e. The van der Waals surface area contributed by atoms with Crippen LogP contribution in [0.25, 0.3) is 0 Å². The van der Waals surface area contributed by atoms with Gasteiger partial charge in [0.05, 0.1) is 18.7 Å². The van der Waals surface area contributed by atoms with Crippen molar-refractivity contribution in [2.45, 2.75) is 144 Å². The molecule has 3 saturated heterocycles. The van der Waals surface area contributed by atoms with Crippen molar-refractivity contribution in [2.24, 2.45) is 55.1 Å². The fourth-order valence-electron chi connectivity index (χ4n) is 10.9. The number of guanidine groups is 3. The van der Waals surface area contributed by atoms with Gasteiger partial charge in [-0.05, 0) is 73.9 Å². The minimum atomic E-state index is -1.45. The van der Waals surface area contributed by atoms with Crippen molar-refractivity contribution in [1.29, 1.82) is 0 Å². The summed E-state index contributed by atoms with van der Waals surface area (Å²) in [5, 5.41) is 44.1. The lowest BCUT2D eigenvalue weighted by Crippen LogP contribution is -2.61. The van der Waals surface area contributed by atoms with Gasteiger partial charge in [0.1, 0.15) is 54.4 Å². The molecule has 0 saturated carbocycles. The fraction of sp³-hybridized carbons (Fsp3) is 0.508. The minimum absolute atomic E-state index is 0.0593. The number of nitrogens with two attached hydrogens (primary N) is 7. The largest absolute Gasteiger partial charge is 0.480 e. The summed E-state index contributed by atoms with van der Waals surface area (Å²) in [5.41, 5.74) is 40.1. The van der Waals surface area contributed by atoms with Crippen molar-refractivity contribution >= 4 is 116 Å². The second-order valence-corrected chi connectivity index (χ2v) is 26.9. The first-order chi connectivity index (χ1) is 46.4. The summed E-state index contributed by atoms with van der Waals surface area (Å²) in [6.45, 7) is -0.507. The van der Waals surface area contributed by atoms with E-state index in [0.29, 0.717) is 28.8 Å². The Balaban J connectivity index is 1.18. The van der Waals surface area contributed by atoms with Crippen LogP contribution in [0.5, 0.6) is 0 Å². The maximum atomic E-state index is 14.7. The number of β-amino-alcohol motifs (C(OH)–C–C–N with tert-alkyl or cyclic N) is 1. The summed E-state index contributed by atoms with van der Waals surface area (Å²) in [7, 11) is 2.02. The summed E-state index contributed by atoms with van der Waals surface area (Å²) in [4.78, 5) is 170. The van der Waals surface area contributed by atoms with E-state index in [4.69, 9.17) is 40.1 Å². The van der Waals surface area contributed by atoms with E-state index in [1.54, 1.807) is 78.2 Å². The van der Waals surface area contributed by atoms with Gasteiger partial charge in [-0.1, -0.05) is 88.3 Å². The summed E-state index contributed by atoms with van der Waals surface area (Å²) in [6.07, 6.45) is -0.191. The molecule has 3 aromatic rings. The topological polar surface area (TPSA) is 550 Å². The molecule has 33 nitrogen and oxygen atoms in total. The number of aliphatic hydroxyl groups is 1. The molecule has 11 atom stereocenters. The lowest BCUT2D eigenvalue weighted by Gasteiger charge is -2.33. The van der Waals surface area contributed by atoms with Crippen LogP contribution < -0.4 is 82.7 Å². The zero-order valence-corrected chi connectivity index (χ0v) is 55.8. The number of aliphatic carboxylic acids is 1. The maximum absolute atomic E-state index is 14.7. The second-order valence-electron chi connectivity index (χ2n) is 23.3. The smallest absolute Gasteiger partial charge is 0.326 e. The maximum Gasteiger partial charge on any atom is 0.326 e. The van der Waals surface area contributed by atoms with Gasteiger partial charge >= 0.3 is 5.97 Å². The number of carboxylic acids is 1. The van der Waals surface area contributed by atoms with E-state index < -0.39 is 138 Å². The molecule has 4 heterocycles. The summed E-state index contributed by atoms with van der Waals surface area (Å²) >= 11 is 1.27. The quantitative estimate of drug-likeness (QED) is 0.0124. The molecule has 528 valence electrons. The Hall–Kier alpha value is -9.26. The van der Waals surface area contributed by atoms with Crippen molar-refractivity contribution in [2.75, 3.05) is 50.8 Å². The predicted octanol–water partition coefficient (Wildman–Crippen LogP) is -4.79. The first kappa shape index (κ1) is 76.8. The number of benzene rings is 2. The summed E-state index contributed by atoms with van der Waals surface area (Å²) < 4.78 is 0. The van der Waals surface area contributed by atoms with Gasteiger partial charge in [0, 0.05) is 74.8 Å². The van der Waals surface area contributed by atoms with E-state index in [-0.39, 0.29) is 126 Å².